The van der Waals surface area contributed by atoms with Crippen molar-refractivity contribution < 1.29 is 9.53 Å². The first kappa shape index (κ1) is 16.0. The van der Waals surface area contributed by atoms with Gasteiger partial charge in [0.2, 0.25) is 0 Å². The fourth-order valence-electron chi connectivity index (χ4n) is 2.26. The van der Waals surface area contributed by atoms with Gasteiger partial charge in [0, 0.05) is 19.7 Å². The van der Waals surface area contributed by atoms with Crippen molar-refractivity contribution in [2.75, 3.05) is 25.0 Å². The van der Waals surface area contributed by atoms with Gasteiger partial charge in [-0.2, -0.15) is 0 Å². The normalized spacial score (nSPS) is 17.7. The molecule has 1 aromatic rings. The Balaban J connectivity index is 1.87. The van der Waals surface area contributed by atoms with Crippen LogP contribution in [0.3, 0.4) is 0 Å². The van der Waals surface area contributed by atoms with Gasteiger partial charge in [-0.1, -0.05) is 18.5 Å². The molecule has 0 radical (unpaired) electrons. The van der Waals surface area contributed by atoms with Crippen molar-refractivity contribution in [3.05, 3.63) is 22.8 Å². The summed E-state index contributed by atoms with van der Waals surface area (Å²) < 4.78 is 5.52. The number of carbonyl (C=O) groups excluding carboxylic acids is 1. The lowest BCUT2D eigenvalue weighted by Crippen LogP contribution is -2.28. The van der Waals surface area contributed by atoms with Gasteiger partial charge >= 0.3 is 0 Å². The number of nitrogens with zero attached hydrogens (tertiary/aromatic N) is 1. The quantitative estimate of drug-likeness (QED) is 0.813. The molecule has 6 heteroatoms. The SMILES string of the molecule is CCCNc1ccc(Cl)c(C(=O)NCCC2CCCO2)n1. The molecule has 1 fully saturated rings. The Morgan fingerprint density at radius 2 is 2.33 bits per heavy atom. The number of amides is 1. The van der Waals surface area contributed by atoms with Crippen LogP contribution in [0.1, 0.15) is 43.1 Å². The smallest absolute Gasteiger partial charge is 0.271 e. The molecule has 2 N–H and O–H groups in total. The van der Waals surface area contributed by atoms with Crippen LogP contribution in [0.4, 0.5) is 5.82 Å². The fraction of sp³-hybridized carbons (Fsp3) is 0.600. The number of aromatic nitrogens is 1. The molecule has 0 saturated carbocycles. The minimum atomic E-state index is -0.238. The van der Waals surface area contributed by atoms with Crippen LogP contribution in [-0.2, 0) is 4.74 Å². The zero-order chi connectivity index (χ0) is 15.1. The predicted molar refractivity (Wildman–Crippen MR) is 84.0 cm³/mol. The van der Waals surface area contributed by atoms with Crippen molar-refractivity contribution >= 4 is 23.3 Å². The van der Waals surface area contributed by atoms with E-state index < -0.39 is 0 Å². The maximum atomic E-state index is 12.1. The van der Waals surface area contributed by atoms with Gasteiger partial charge < -0.3 is 15.4 Å². The van der Waals surface area contributed by atoms with Gasteiger partial charge in [-0.3, -0.25) is 4.79 Å². The van der Waals surface area contributed by atoms with Gasteiger partial charge in [0.05, 0.1) is 11.1 Å². The molecule has 0 aliphatic carbocycles. The summed E-state index contributed by atoms with van der Waals surface area (Å²) in [5.74, 6) is 0.434. The van der Waals surface area contributed by atoms with E-state index in [0.29, 0.717) is 17.4 Å². The molecule has 1 unspecified atom stereocenters. The average Bonchev–Trinajstić information content (AvgIpc) is 2.99. The summed E-state index contributed by atoms with van der Waals surface area (Å²) in [6.45, 7) is 4.29. The number of carbonyl (C=O) groups is 1. The highest BCUT2D eigenvalue weighted by atomic mass is 35.5. The zero-order valence-corrected chi connectivity index (χ0v) is 13.1. The second kappa shape index (κ2) is 8.20. The maximum Gasteiger partial charge on any atom is 0.271 e. The molecule has 1 aromatic heterocycles. The van der Waals surface area contributed by atoms with Crippen LogP contribution in [0.25, 0.3) is 0 Å². The summed E-state index contributed by atoms with van der Waals surface area (Å²) in [7, 11) is 0. The molecule has 2 rings (SSSR count). The van der Waals surface area contributed by atoms with Crippen LogP contribution in [0.5, 0.6) is 0 Å². The zero-order valence-electron chi connectivity index (χ0n) is 12.3. The number of hydrogen-bond donors (Lipinski definition) is 2. The molecule has 21 heavy (non-hydrogen) atoms. The third kappa shape index (κ3) is 4.86. The summed E-state index contributed by atoms with van der Waals surface area (Å²) in [6.07, 6.45) is 4.28. The second-order valence-electron chi connectivity index (χ2n) is 5.13. The van der Waals surface area contributed by atoms with Gasteiger partial charge in [-0.05, 0) is 37.8 Å². The Morgan fingerprint density at radius 3 is 3.05 bits per heavy atom. The van der Waals surface area contributed by atoms with E-state index in [2.05, 4.69) is 22.5 Å². The van der Waals surface area contributed by atoms with Crippen molar-refractivity contribution in [1.82, 2.24) is 10.3 Å². The lowest BCUT2D eigenvalue weighted by atomic mass is 10.2. The number of nitrogens with one attached hydrogen (secondary N) is 2. The first-order valence-corrected chi connectivity index (χ1v) is 7.88. The third-order valence-corrected chi connectivity index (χ3v) is 3.70. The summed E-state index contributed by atoms with van der Waals surface area (Å²) in [5.41, 5.74) is 0.269. The van der Waals surface area contributed by atoms with Gasteiger partial charge in [0.25, 0.3) is 5.91 Å². The van der Waals surface area contributed by atoms with Crippen LogP contribution in [0.2, 0.25) is 5.02 Å². The topological polar surface area (TPSA) is 63.2 Å². The van der Waals surface area contributed by atoms with Gasteiger partial charge in [0.1, 0.15) is 11.5 Å². The standard InChI is InChI=1S/C15H22ClN3O2/c1-2-8-17-13-6-5-12(16)14(19-13)15(20)18-9-7-11-4-3-10-21-11/h5-6,11H,2-4,7-10H2,1H3,(H,17,19)(H,18,20). The summed E-state index contributed by atoms with van der Waals surface area (Å²) in [5, 5.41) is 6.37. The molecule has 0 aromatic carbocycles. The molecule has 1 atom stereocenters. The number of hydrogen-bond acceptors (Lipinski definition) is 4. The number of anilines is 1. The van der Waals surface area contributed by atoms with Gasteiger partial charge in [0.15, 0.2) is 0 Å². The molecule has 0 bridgehead atoms. The molecule has 2 heterocycles. The summed E-state index contributed by atoms with van der Waals surface area (Å²) >= 11 is 6.06. The minimum absolute atomic E-state index is 0.238. The highest BCUT2D eigenvalue weighted by Crippen LogP contribution is 2.17. The van der Waals surface area contributed by atoms with Gasteiger partial charge in [-0.25, -0.2) is 4.98 Å². The second-order valence-corrected chi connectivity index (χ2v) is 5.54. The molecule has 116 valence electrons. The average molecular weight is 312 g/mol. The number of halogens is 1. The molecule has 1 aliphatic heterocycles. The molecule has 5 nitrogen and oxygen atoms in total. The van der Waals surface area contributed by atoms with E-state index >= 15 is 0 Å². The van der Waals surface area contributed by atoms with Crippen LogP contribution in [0.15, 0.2) is 12.1 Å². The molecular formula is C15H22ClN3O2. The number of rotatable bonds is 7. The van der Waals surface area contributed by atoms with E-state index in [-0.39, 0.29) is 17.7 Å². The number of pyridine rings is 1. The summed E-state index contributed by atoms with van der Waals surface area (Å²) in [6, 6.07) is 3.47. The van der Waals surface area contributed by atoms with E-state index in [4.69, 9.17) is 16.3 Å². The highest BCUT2D eigenvalue weighted by molar-refractivity contribution is 6.33. The highest BCUT2D eigenvalue weighted by Gasteiger charge is 2.17. The van der Waals surface area contributed by atoms with E-state index in [1.54, 1.807) is 12.1 Å². The van der Waals surface area contributed by atoms with Crippen LogP contribution in [-0.4, -0.2) is 36.7 Å². The lowest BCUT2D eigenvalue weighted by molar-refractivity contribution is 0.0903. The van der Waals surface area contributed by atoms with Crippen molar-refractivity contribution in [2.45, 2.75) is 38.7 Å². The van der Waals surface area contributed by atoms with Crippen molar-refractivity contribution in [2.24, 2.45) is 0 Å². The van der Waals surface area contributed by atoms with Gasteiger partial charge in [-0.15, -0.1) is 0 Å². The monoisotopic (exact) mass is 311 g/mol. The maximum absolute atomic E-state index is 12.1. The Morgan fingerprint density at radius 1 is 1.48 bits per heavy atom. The van der Waals surface area contributed by atoms with Crippen molar-refractivity contribution in [1.29, 1.82) is 0 Å². The minimum Gasteiger partial charge on any atom is -0.378 e. The van der Waals surface area contributed by atoms with Crippen LogP contribution >= 0.6 is 11.6 Å². The molecular weight excluding hydrogens is 290 g/mol. The Bertz CT molecular complexity index is 476. The molecule has 0 spiro atoms. The first-order chi connectivity index (χ1) is 10.2. The van der Waals surface area contributed by atoms with Crippen molar-refractivity contribution in [3.63, 3.8) is 0 Å². The first-order valence-electron chi connectivity index (χ1n) is 7.51. The number of ether oxygens (including phenoxy) is 1. The Labute approximate surface area is 130 Å². The third-order valence-electron chi connectivity index (χ3n) is 3.39. The Kier molecular flexibility index (Phi) is 6.26. The fourth-order valence-corrected chi connectivity index (χ4v) is 2.45. The summed E-state index contributed by atoms with van der Waals surface area (Å²) in [4.78, 5) is 16.4. The molecule has 1 aliphatic rings. The van der Waals surface area contributed by atoms with Crippen molar-refractivity contribution in [3.8, 4) is 0 Å². The lowest BCUT2D eigenvalue weighted by Gasteiger charge is -2.11. The van der Waals surface area contributed by atoms with Crippen LogP contribution < -0.4 is 10.6 Å². The van der Waals surface area contributed by atoms with Crippen LogP contribution in [0, 0.1) is 0 Å². The van der Waals surface area contributed by atoms with E-state index in [1.165, 1.54) is 0 Å². The largest absolute Gasteiger partial charge is 0.378 e. The van der Waals surface area contributed by atoms with E-state index in [1.807, 2.05) is 0 Å². The Hall–Kier alpha value is -1.33. The predicted octanol–water partition coefficient (Wildman–Crippen LogP) is 2.86. The molecule has 1 amide bonds. The molecule has 1 saturated heterocycles. The van der Waals surface area contributed by atoms with E-state index in [0.717, 1.165) is 38.8 Å². The van der Waals surface area contributed by atoms with E-state index in [9.17, 15) is 4.79 Å².